The monoisotopic (exact) mass is 374 g/mol. The van der Waals surface area contributed by atoms with Gasteiger partial charge in [-0.05, 0) is 37.3 Å². The number of amides is 1. The van der Waals surface area contributed by atoms with Gasteiger partial charge in [-0.25, -0.2) is 9.38 Å². The molecule has 0 saturated heterocycles. The highest BCUT2D eigenvalue weighted by molar-refractivity contribution is 5.97. The Hall–Kier alpha value is -3.29. The van der Waals surface area contributed by atoms with E-state index in [1.54, 1.807) is 38.5 Å². The van der Waals surface area contributed by atoms with Crippen molar-refractivity contribution in [3.8, 4) is 11.5 Å². The number of methoxy groups -OCH3 is 2. The maximum atomic E-state index is 13.2. The van der Waals surface area contributed by atoms with Crippen molar-refractivity contribution in [3.05, 3.63) is 48.3 Å². The summed E-state index contributed by atoms with van der Waals surface area (Å²) in [5, 5.41) is 8.75. The molecule has 2 rings (SSSR count). The normalized spacial score (nSPS) is 10.9. The van der Waals surface area contributed by atoms with Crippen LogP contribution in [0.1, 0.15) is 6.92 Å². The molecule has 0 radical (unpaired) electrons. The fourth-order valence-corrected chi connectivity index (χ4v) is 2.28. The summed E-state index contributed by atoms with van der Waals surface area (Å²) in [6, 6.07) is 11.0. The van der Waals surface area contributed by atoms with E-state index in [-0.39, 0.29) is 12.5 Å². The van der Waals surface area contributed by atoms with E-state index >= 15 is 0 Å². The lowest BCUT2D eigenvalue weighted by atomic mass is 10.3. The molecule has 1 amide bonds. The molecular weight excluding hydrogens is 351 g/mol. The molecule has 0 aliphatic heterocycles. The predicted molar refractivity (Wildman–Crippen MR) is 104 cm³/mol. The van der Waals surface area contributed by atoms with Crippen LogP contribution in [0, 0.1) is 5.82 Å². The van der Waals surface area contributed by atoms with Crippen LogP contribution in [0.2, 0.25) is 0 Å². The molecular formula is C19H23FN4O3. The summed E-state index contributed by atoms with van der Waals surface area (Å²) in [6.07, 6.45) is 0. The number of guanidine groups is 1. The lowest BCUT2D eigenvalue weighted by molar-refractivity contribution is -0.114. The molecule has 0 fully saturated rings. The third kappa shape index (κ3) is 6.18. The van der Waals surface area contributed by atoms with Gasteiger partial charge < -0.3 is 25.4 Å². The number of halogens is 1. The number of carbonyl (C=O) groups excluding carboxylic acids is 1. The standard InChI is InChI=1S/C19H23FN4O3/c1-4-21-19(24-15-8-9-16(26-2)17(11-15)27-3)22-12-18(25)23-14-7-5-6-13(20)10-14/h5-11H,4,12H2,1-3H3,(H,23,25)(H2,21,22,24). The molecule has 2 aromatic rings. The third-order valence-corrected chi connectivity index (χ3v) is 3.48. The van der Waals surface area contributed by atoms with Gasteiger partial charge >= 0.3 is 0 Å². The van der Waals surface area contributed by atoms with E-state index < -0.39 is 5.82 Å². The smallest absolute Gasteiger partial charge is 0.246 e. The minimum absolute atomic E-state index is 0.126. The van der Waals surface area contributed by atoms with E-state index in [4.69, 9.17) is 9.47 Å². The molecule has 144 valence electrons. The van der Waals surface area contributed by atoms with Gasteiger partial charge in [0.2, 0.25) is 5.91 Å². The molecule has 0 aromatic heterocycles. The lowest BCUT2D eigenvalue weighted by Gasteiger charge is -2.13. The zero-order valence-electron chi connectivity index (χ0n) is 15.5. The molecule has 0 atom stereocenters. The Kier molecular flexibility index (Phi) is 7.42. The van der Waals surface area contributed by atoms with Crippen molar-refractivity contribution in [1.29, 1.82) is 0 Å². The largest absolute Gasteiger partial charge is 0.493 e. The maximum Gasteiger partial charge on any atom is 0.246 e. The van der Waals surface area contributed by atoms with E-state index in [9.17, 15) is 9.18 Å². The molecule has 7 nitrogen and oxygen atoms in total. The average molecular weight is 374 g/mol. The lowest BCUT2D eigenvalue weighted by Crippen LogP contribution is -2.31. The van der Waals surface area contributed by atoms with Crippen LogP contribution in [-0.4, -0.2) is 39.2 Å². The summed E-state index contributed by atoms with van der Waals surface area (Å²) >= 11 is 0. The Morgan fingerprint density at radius 1 is 1.04 bits per heavy atom. The highest BCUT2D eigenvalue weighted by Gasteiger charge is 2.07. The number of nitrogens with zero attached hydrogens (tertiary/aromatic N) is 1. The van der Waals surface area contributed by atoms with Crippen LogP contribution in [0.25, 0.3) is 0 Å². The van der Waals surface area contributed by atoms with Gasteiger partial charge in [-0.2, -0.15) is 0 Å². The number of hydrogen-bond acceptors (Lipinski definition) is 4. The van der Waals surface area contributed by atoms with Crippen molar-refractivity contribution in [2.45, 2.75) is 6.92 Å². The molecule has 0 aliphatic carbocycles. The van der Waals surface area contributed by atoms with Gasteiger partial charge in [0, 0.05) is 24.0 Å². The summed E-state index contributed by atoms with van der Waals surface area (Å²) < 4.78 is 23.7. The van der Waals surface area contributed by atoms with E-state index in [0.717, 1.165) is 5.69 Å². The fourth-order valence-electron chi connectivity index (χ4n) is 2.28. The Morgan fingerprint density at radius 2 is 1.78 bits per heavy atom. The topological polar surface area (TPSA) is 84.0 Å². The van der Waals surface area contributed by atoms with E-state index in [0.29, 0.717) is 29.7 Å². The number of ether oxygens (including phenoxy) is 2. The second-order valence-corrected chi connectivity index (χ2v) is 5.45. The van der Waals surface area contributed by atoms with Gasteiger partial charge in [0.1, 0.15) is 12.4 Å². The highest BCUT2D eigenvalue weighted by Crippen LogP contribution is 2.29. The Bertz CT molecular complexity index is 811. The molecule has 27 heavy (non-hydrogen) atoms. The SMILES string of the molecule is CCNC(=NCC(=O)Nc1cccc(F)c1)Nc1ccc(OC)c(OC)c1. The summed E-state index contributed by atoms with van der Waals surface area (Å²) in [5.74, 6) is 0.839. The second-order valence-electron chi connectivity index (χ2n) is 5.45. The van der Waals surface area contributed by atoms with Crippen LogP contribution in [-0.2, 0) is 4.79 Å². The first-order valence-electron chi connectivity index (χ1n) is 8.38. The second kappa shape index (κ2) is 10.0. The summed E-state index contributed by atoms with van der Waals surface area (Å²) in [6.45, 7) is 2.41. The molecule has 0 aliphatic rings. The maximum absolute atomic E-state index is 13.2. The van der Waals surface area contributed by atoms with Crippen LogP contribution in [0.15, 0.2) is 47.5 Å². The molecule has 0 heterocycles. The number of benzene rings is 2. The Morgan fingerprint density at radius 3 is 2.44 bits per heavy atom. The van der Waals surface area contributed by atoms with Crippen LogP contribution in [0.3, 0.4) is 0 Å². The quantitative estimate of drug-likeness (QED) is 0.513. The minimum Gasteiger partial charge on any atom is -0.493 e. The van der Waals surface area contributed by atoms with Gasteiger partial charge in [-0.1, -0.05) is 6.07 Å². The predicted octanol–water partition coefficient (Wildman–Crippen LogP) is 2.86. The van der Waals surface area contributed by atoms with Crippen LogP contribution < -0.4 is 25.4 Å². The fraction of sp³-hybridized carbons (Fsp3) is 0.263. The zero-order chi connectivity index (χ0) is 19.6. The van der Waals surface area contributed by atoms with E-state index in [1.165, 1.54) is 18.2 Å². The molecule has 8 heteroatoms. The molecule has 0 spiro atoms. The van der Waals surface area contributed by atoms with E-state index in [2.05, 4.69) is 20.9 Å². The number of aliphatic imine (C=N–C) groups is 1. The first-order chi connectivity index (χ1) is 13.0. The molecule has 2 aromatic carbocycles. The van der Waals surface area contributed by atoms with E-state index in [1.807, 2.05) is 6.92 Å². The minimum atomic E-state index is -0.417. The van der Waals surface area contributed by atoms with Gasteiger partial charge in [0.25, 0.3) is 0 Å². The first kappa shape index (κ1) is 20.0. The number of hydrogen-bond donors (Lipinski definition) is 3. The van der Waals surface area contributed by atoms with Crippen molar-refractivity contribution >= 4 is 23.2 Å². The number of nitrogens with one attached hydrogen (secondary N) is 3. The first-order valence-corrected chi connectivity index (χ1v) is 8.38. The summed E-state index contributed by atoms with van der Waals surface area (Å²) in [7, 11) is 3.12. The van der Waals surface area contributed by atoms with Gasteiger partial charge in [0.05, 0.1) is 14.2 Å². The van der Waals surface area contributed by atoms with Crippen molar-refractivity contribution in [3.63, 3.8) is 0 Å². The third-order valence-electron chi connectivity index (χ3n) is 3.48. The number of anilines is 2. The van der Waals surface area contributed by atoms with Gasteiger partial charge in [-0.15, -0.1) is 0 Å². The van der Waals surface area contributed by atoms with Crippen LogP contribution in [0.4, 0.5) is 15.8 Å². The average Bonchev–Trinajstić information content (AvgIpc) is 2.66. The van der Waals surface area contributed by atoms with Crippen LogP contribution >= 0.6 is 0 Å². The molecule has 3 N–H and O–H groups in total. The molecule has 0 saturated carbocycles. The van der Waals surface area contributed by atoms with Crippen molar-refractivity contribution in [1.82, 2.24) is 5.32 Å². The Labute approximate surface area is 157 Å². The molecule has 0 unspecified atom stereocenters. The highest BCUT2D eigenvalue weighted by atomic mass is 19.1. The Balaban J connectivity index is 2.04. The zero-order valence-corrected chi connectivity index (χ0v) is 15.5. The van der Waals surface area contributed by atoms with Crippen molar-refractivity contribution < 1.29 is 18.7 Å². The molecule has 0 bridgehead atoms. The number of rotatable bonds is 7. The van der Waals surface area contributed by atoms with Gasteiger partial charge in [0.15, 0.2) is 17.5 Å². The summed E-state index contributed by atoms with van der Waals surface area (Å²) in [4.78, 5) is 16.3. The van der Waals surface area contributed by atoms with Crippen LogP contribution in [0.5, 0.6) is 11.5 Å². The number of carbonyl (C=O) groups is 1. The van der Waals surface area contributed by atoms with Gasteiger partial charge in [-0.3, -0.25) is 4.79 Å². The summed E-state index contributed by atoms with van der Waals surface area (Å²) in [5.41, 5.74) is 1.10. The van der Waals surface area contributed by atoms with Crippen molar-refractivity contribution in [2.24, 2.45) is 4.99 Å². The van der Waals surface area contributed by atoms with Crippen molar-refractivity contribution in [2.75, 3.05) is 37.9 Å².